The highest BCUT2D eigenvalue weighted by Crippen LogP contribution is 2.42. The summed E-state index contributed by atoms with van der Waals surface area (Å²) in [6.45, 7) is 2.19. The minimum absolute atomic E-state index is 0.200. The minimum Gasteiger partial charge on any atom is -0.488 e. The maximum atomic E-state index is 10.1. The molecule has 0 radical (unpaired) electrons. The van der Waals surface area contributed by atoms with Crippen molar-refractivity contribution in [3.8, 4) is 5.75 Å². The largest absolute Gasteiger partial charge is 0.488 e. The maximum absolute atomic E-state index is 10.1. The molecule has 3 heterocycles. The highest BCUT2D eigenvalue weighted by Gasteiger charge is 2.36. The van der Waals surface area contributed by atoms with Crippen molar-refractivity contribution in [2.75, 3.05) is 0 Å². The fourth-order valence-corrected chi connectivity index (χ4v) is 5.08. The van der Waals surface area contributed by atoms with Gasteiger partial charge in [0.05, 0.1) is 22.5 Å². The van der Waals surface area contributed by atoms with Crippen molar-refractivity contribution in [2.24, 2.45) is 5.16 Å². The normalized spacial score (nSPS) is 16.0. The average molecular weight is 581 g/mol. The maximum Gasteiger partial charge on any atom is 0.188 e. The predicted molar refractivity (Wildman–Crippen MR) is 160 cm³/mol. The van der Waals surface area contributed by atoms with Crippen molar-refractivity contribution in [2.45, 2.75) is 13.5 Å². The topological polar surface area (TPSA) is 89.7 Å². The summed E-state index contributed by atoms with van der Waals surface area (Å²) in [7, 11) is 0. The minimum atomic E-state index is 0.200. The lowest BCUT2D eigenvalue weighted by molar-refractivity contribution is 0.276. The number of benzene rings is 3. The first kappa shape index (κ1) is 26.5. The van der Waals surface area contributed by atoms with Crippen molar-refractivity contribution in [1.29, 1.82) is 0 Å². The van der Waals surface area contributed by atoms with Crippen LogP contribution in [-0.2, 0) is 11.3 Å². The Labute approximate surface area is 246 Å². The Morgan fingerprint density at radius 3 is 2.63 bits per heavy atom. The van der Waals surface area contributed by atoms with Gasteiger partial charge in [0, 0.05) is 38.8 Å². The molecule has 1 aliphatic heterocycles. The lowest BCUT2D eigenvalue weighted by Crippen LogP contribution is -2.25. The molecule has 2 aromatic heterocycles. The van der Waals surface area contributed by atoms with Crippen LogP contribution in [0.2, 0.25) is 10.0 Å². The van der Waals surface area contributed by atoms with E-state index in [4.69, 9.17) is 32.7 Å². The third-order valence-corrected chi connectivity index (χ3v) is 7.20. The van der Waals surface area contributed by atoms with Gasteiger partial charge in [-0.05, 0) is 42.8 Å². The summed E-state index contributed by atoms with van der Waals surface area (Å²) in [6, 6.07) is 24.2. The number of para-hydroxylation sites is 2. The van der Waals surface area contributed by atoms with E-state index in [2.05, 4.69) is 20.1 Å². The summed E-state index contributed by atoms with van der Waals surface area (Å²) in [6.07, 6.45) is 4.91. The highest BCUT2D eigenvalue weighted by atomic mass is 35.5. The van der Waals surface area contributed by atoms with Crippen molar-refractivity contribution < 1.29 is 14.7 Å². The number of pyridine rings is 1. The summed E-state index contributed by atoms with van der Waals surface area (Å²) in [5, 5.41) is 15.6. The van der Waals surface area contributed by atoms with E-state index in [9.17, 15) is 5.21 Å². The van der Waals surface area contributed by atoms with Gasteiger partial charge in [-0.2, -0.15) is 0 Å². The van der Waals surface area contributed by atoms with E-state index < -0.39 is 0 Å². The molecule has 1 saturated heterocycles. The standard InChI is InChI=1S/C32H22Cl2N4O3/c1-19-7-6-10-24-29(19)36-18-37-30(24)28(32-31(38-39)27(41-32)16-22-8-4-5-14-35-22)23-9-2-3-11-26(23)40-17-20-12-13-21(33)15-25(20)34/h2-16,18,39H,17H2,1H3/b27-16-,32-28-,38-31+. The van der Waals surface area contributed by atoms with Crippen LogP contribution in [-0.4, -0.2) is 25.9 Å². The van der Waals surface area contributed by atoms with Crippen LogP contribution >= 0.6 is 23.2 Å². The average Bonchev–Trinajstić information content (AvgIpc) is 2.97. The Balaban J connectivity index is 1.51. The van der Waals surface area contributed by atoms with Gasteiger partial charge in [-0.25, -0.2) is 9.97 Å². The van der Waals surface area contributed by atoms with Gasteiger partial charge in [0.2, 0.25) is 0 Å². The van der Waals surface area contributed by atoms with Crippen LogP contribution in [0.25, 0.3) is 22.6 Å². The molecule has 1 aliphatic rings. The van der Waals surface area contributed by atoms with Crippen molar-refractivity contribution in [1.82, 2.24) is 15.0 Å². The number of hydrogen-bond acceptors (Lipinski definition) is 7. The Morgan fingerprint density at radius 1 is 0.976 bits per heavy atom. The quantitative estimate of drug-likeness (QED) is 0.162. The molecule has 7 nitrogen and oxygen atoms in total. The Morgan fingerprint density at radius 2 is 1.83 bits per heavy atom. The van der Waals surface area contributed by atoms with Crippen LogP contribution in [0.4, 0.5) is 0 Å². The molecule has 0 atom stereocenters. The molecule has 6 rings (SSSR count). The van der Waals surface area contributed by atoms with Crippen LogP contribution < -0.4 is 4.74 Å². The van der Waals surface area contributed by atoms with Gasteiger partial charge in [-0.3, -0.25) is 4.98 Å². The molecule has 0 unspecified atom stereocenters. The Kier molecular flexibility index (Phi) is 7.37. The van der Waals surface area contributed by atoms with Gasteiger partial charge in [-0.1, -0.05) is 76.9 Å². The second-order valence-electron chi connectivity index (χ2n) is 9.23. The number of hydrogen-bond donors (Lipinski definition) is 1. The highest BCUT2D eigenvalue weighted by molar-refractivity contribution is 6.35. The number of oxime groups is 1. The van der Waals surface area contributed by atoms with Gasteiger partial charge < -0.3 is 14.7 Å². The molecule has 0 spiro atoms. The summed E-state index contributed by atoms with van der Waals surface area (Å²) < 4.78 is 12.5. The van der Waals surface area contributed by atoms with Crippen LogP contribution in [0.1, 0.15) is 28.1 Å². The molecule has 0 bridgehead atoms. The third kappa shape index (κ3) is 5.25. The number of halogens is 2. The molecule has 1 N–H and O–H groups in total. The van der Waals surface area contributed by atoms with E-state index in [1.54, 1.807) is 24.4 Å². The van der Waals surface area contributed by atoms with Crippen LogP contribution in [0, 0.1) is 6.92 Å². The molecule has 5 aromatic rings. The molecular formula is C32H22Cl2N4O3. The number of nitrogens with zero attached hydrogens (tertiary/aromatic N) is 4. The zero-order valence-corrected chi connectivity index (χ0v) is 23.3. The SMILES string of the molecule is Cc1cccc2c(\C(=C3/OC(=C\c4ccccn4)/C3=N\O)c3ccccc3OCc3ccc(Cl)cc3Cl)ncnc12. The van der Waals surface area contributed by atoms with E-state index in [-0.39, 0.29) is 12.3 Å². The summed E-state index contributed by atoms with van der Waals surface area (Å²) >= 11 is 12.5. The first-order chi connectivity index (χ1) is 20.0. The van der Waals surface area contributed by atoms with Crippen molar-refractivity contribution in [3.05, 3.63) is 141 Å². The summed E-state index contributed by atoms with van der Waals surface area (Å²) in [5.74, 6) is 1.28. The molecule has 0 amide bonds. The zero-order valence-electron chi connectivity index (χ0n) is 21.8. The number of aryl methyl sites for hydroxylation is 1. The van der Waals surface area contributed by atoms with Crippen molar-refractivity contribution in [3.63, 3.8) is 0 Å². The van der Waals surface area contributed by atoms with Crippen LogP contribution in [0.5, 0.6) is 5.75 Å². The van der Waals surface area contributed by atoms with E-state index in [1.807, 2.05) is 73.7 Å². The van der Waals surface area contributed by atoms with Gasteiger partial charge in [0.15, 0.2) is 17.2 Å². The molecule has 3 aromatic carbocycles. The Hall–Kier alpha value is -4.72. The molecule has 0 aliphatic carbocycles. The van der Waals surface area contributed by atoms with E-state index in [0.717, 1.165) is 22.0 Å². The first-order valence-corrected chi connectivity index (χ1v) is 13.4. The van der Waals surface area contributed by atoms with Gasteiger partial charge >= 0.3 is 0 Å². The number of ether oxygens (including phenoxy) is 2. The van der Waals surface area contributed by atoms with Crippen LogP contribution in [0.15, 0.2) is 108 Å². The van der Waals surface area contributed by atoms with Gasteiger partial charge in [-0.15, -0.1) is 0 Å². The summed E-state index contributed by atoms with van der Waals surface area (Å²) in [4.78, 5) is 13.5. The molecule has 1 fully saturated rings. The fraction of sp³-hybridized carbons (Fsp3) is 0.0625. The van der Waals surface area contributed by atoms with Crippen molar-refractivity contribution >= 4 is 51.5 Å². The molecular weight excluding hydrogens is 559 g/mol. The lowest BCUT2D eigenvalue weighted by Gasteiger charge is -2.28. The molecule has 41 heavy (non-hydrogen) atoms. The summed E-state index contributed by atoms with van der Waals surface area (Å²) in [5.41, 5.74) is 5.38. The van der Waals surface area contributed by atoms with E-state index >= 15 is 0 Å². The van der Waals surface area contributed by atoms with E-state index in [0.29, 0.717) is 49.8 Å². The number of rotatable bonds is 6. The van der Waals surface area contributed by atoms with E-state index in [1.165, 1.54) is 6.33 Å². The number of fused-ring (bicyclic) bond motifs is 1. The monoisotopic (exact) mass is 580 g/mol. The molecule has 202 valence electrons. The predicted octanol–water partition coefficient (Wildman–Crippen LogP) is 7.88. The van der Waals surface area contributed by atoms with Crippen LogP contribution in [0.3, 0.4) is 0 Å². The van der Waals surface area contributed by atoms with Gasteiger partial charge in [0.1, 0.15) is 18.7 Å². The third-order valence-electron chi connectivity index (χ3n) is 6.61. The lowest BCUT2D eigenvalue weighted by atomic mass is 9.92. The molecule has 9 heteroatoms. The smallest absolute Gasteiger partial charge is 0.188 e. The second-order valence-corrected chi connectivity index (χ2v) is 10.1. The number of aromatic nitrogens is 3. The Bertz CT molecular complexity index is 1870. The fourth-order valence-electron chi connectivity index (χ4n) is 4.61. The zero-order chi connectivity index (χ0) is 28.3. The van der Waals surface area contributed by atoms with Gasteiger partial charge in [0.25, 0.3) is 0 Å². The second kappa shape index (κ2) is 11.4. The molecule has 0 saturated carbocycles. The first-order valence-electron chi connectivity index (χ1n) is 12.7.